The van der Waals surface area contributed by atoms with Crippen molar-refractivity contribution in [1.82, 2.24) is 19.7 Å². The molecule has 2 aromatic carbocycles. The van der Waals surface area contributed by atoms with Crippen LogP contribution in [0.25, 0.3) is 5.69 Å². The van der Waals surface area contributed by atoms with E-state index in [2.05, 4.69) is 10.1 Å². The summed E-state index contributed by atoms with van der Waals surface area (Å²) in [6.07, 6.45) is 0.929. The zero-order valence-corrected chi connectivity index (χ0v) is 19.8. The SMILES string of the molecule is CC1(CO)COCCN1C(=O)c1cc(Oc2c(Cl)cc(-n3ncc(=O)[nH]c3=O)cc2Cl)ccc1O. The Hall–Kier alpha value is -3.38. The molecular formula is C22H20Cl2N4O7. The van der Waals surface area contributed by atoms with E-state index in [1.54, 1.807) is 6.92 Å². The van der Waals surface area contributed by atoms with Gasteiger partial charge in [0.2, 0.25) is 0 Å². The van der Waals surface area contributed by atoms with E-state index in [1.807, 2.05) is 0 Å². The quantitative estimate of drug-likeness (QED) is 0.460. The van der Waals surface area contributed by atoms with Gasteiger partial charge in [-0.15, -0.1) is 0 Å². The van der Waals surface area contributed by atoms with Crippen LogP contribution in [-0.4, -0.2) is 67.7 Å². The molecular weight excluding hydrogens is 503 g/mol. The lowest BCUT2D eigenvalue weighted by Crippen LogP contribution is -2.59. The molecule has 1 aliphatic rings. The van der Waals surface area contributed by atoms with Gasteiger partial charge in [0, 0.05) is 6.54 Å². The predicted octanol–water partition coefficient (Wildman–Crippen LogP) is 1.95. The molecule has 1 fully saturated rings. The molecule has 0 saturated carbocycles. The van der Waals surface area contributed by atoms with Gasteiger partial charge in [0.1, 0.15) is 17.7 Å². The summed E-state index contributed by atoms with van der Waals surface area (Å²) >= 11 is 12.7. The highest BCUT2D eigenvalue weighted by atomic mass is 35.5. The first-order chi connectivity index (χ1) is 16.6. The number of aromatic amines is 1. The first kappa shape index (κ1) is 24.7. The van der Waals surface area contributed by atoms with E-state index < -0.39 is 22.7 Å². The Bertz CT molecular complexity index is 1380. The number of aromatic nitrogens is 3. The summed E-state index contributed by atoms with van der Waals surface area (Å²) in [5.41, 5.74) is -2.24. The van der Waals surface area contributed by atoms with Gasteiger partial charge in [-0.3, -0.25) is 14.6 Å². The third-order valence-corrected chi connectivity index (χ3v) is 6.03. The number of rotatable bonds is 5. The fourth-order valence-corrected chi connectivity index (χ4v) is 4.14. The topological polar surface area (TPSA) is 147 Å². The van der Waals surface area contributed by atoms with E-state index >= 15 is 0 Å². The Morgan fingerprint density at radius 1 is 1.26 bits per heavy atom. The molecule has 0 radical (unpaired) electrons. The zero-order valence-electron chi connectivity index (χ0n) is 18.3. The van der Waals surface area contributed by atoms with Gasteiger partial charge in [0.15, 0.2) is 5.75 Å². The van der Waals surface area contributed by atoms with Gasteiger partial charge in [0.05, 0.1) is 46.7 Å². The Labute approximate surface area is 208 Å². The van der Waals surface area contributed by atoms with Crippen LogP contribution in [0.3, 0.4) is 0 Å². The fourth-order valence-electron chi connectivity index (χ4n) is 3.59. The summed E-state index contributed by atoms with van der Waals surface area (Å²) in [5, 5.41) is 23.9. The number of ether oxygens (including phenoxy) is 2. The van der Waals surface area contributed by atoms with Crippen molar-refractivity contribution in [2.45, 2.75) is 12.5 Å². The number of aliphatic hydroxyl groups is 1. The lowest BCUT2D eigenvalue weighted by molar-refractivity contribution is -0.0660. The minimum Gasteiger partial charge on any atom is -0.507 e. The highest BCUT2D eigenvalue weighted by Gasteiger charge is 2.39. The molecule has 1 aliphatic heterocycles. The molecule has 1 unspecified atom stereocenters. The Morgan fingerprint density at radius 3 is 2.63 bits per heavy atom. The zero-order chi connectivity index (χ0) is 25.3. The standard InChI is InChI=1S/C22H20Cl2N4O7/c1-22(10-29)11-34-5-4-27(22)20(32)14-8-13(2-3-17(14)30)35-19-15(23)6-12(7-16(19)24)28-21(33)26-18(31)9-25-28/h2-3,6-9,29-30H,4-5,10-11H2,1H3,(H,26,31,33). The molecule has 0 spiro atoms. The molecule has 3 N–H and O–H groups in total. The molecule has 13 heteroatoms. The number of morpholine rings is 1. The highest BCUT2D eigenvalue weighted by molar-refractivity contribution is 6.37. The Balaban J connectivity index is 1.65. The molecule has 1 aromatic heterocycles. The number of halogens is 2. The lowest BCUT2D eigenvalue weighted by atomic mass is 9.99. The van der Waals surface area contributed by atoms with Crippen molar-refractivity contribution in [1.29, 1.82) is 0 Å². The summed E-state index contributed by atoms with van der Waals surface area (Å²) in [5.74, 6) is -0.597. The number of amides is 1. The second kappa shape index (κ2) is 9.70. The van der Waals surface area contributed by atoms with Crippen molar-refractivity contribution in [2.24, 2.45) is 0 Å². The lowest BCUT2D eigenvalue weighted by Gasteiger charge is -2.43. The second-order valence-electron chi connectivity index (χ2n) is 8.03. The molecule has 35 heavy (non-hydrogen) atoms. The number of hydrogen-bond donors (Lipinski definition) is 3. The van der Waals surface area contributed by atoms with Crippen molar-refractivity contribution in [3.05, 3.63) is 73.0 Å². The van der Waals surface area contributed by atoms with Gasteiger partial charge in [-0.2, -0.15) is 9.78 Å². The van der Waals surface area contributed by atoms with Crippen LogP contribution in [0, 0.1) is 0 Å². The van der Waals surface area contributed by atoms with Crippen LogP contribution >= 0.6 is 23.2 Å². The third kappa shape index (κ3) is 4.89. The van der Waals surface area contributed by atoms with Crippen LogP contribution < -0.4 is 16.0 Å². The predicted molar refractivity (Wildman–Crippen MR) is 126 cm³/mol. The van der Waals surface area contributed by atoms with E-state index in [1.165, 1.54) is 35.2 Å². The first-order valence-corrected chi connectivity index (χ1v) is 11.1. The van der Waals surface area contributed by atoms with Gasteiger partial charge < -0.3 is 24.6 Å². The average Bonchev–Trinajstić information content (AvgIpc) is 2.82. The fraction of sp³-hybridized carbons (Fsp3) is 0.273. The maximum atomic E-state index is 13.2. The monoisotopic (exact) mass is 522 g/mol. The van der Waals surface area contributed by atoms with Gasteiger partial charge in [0.25, 0.3) is 11.5 Å². The summed E-state index contributed by atoms with van der Waals surface area (Å²) in [4.78, 5) is 40.0. The summed E-state index contributed by atoms with van der Waals surface area (Å²) in [6.45, 7) is 2.05. The van der Waals surface area contributed by atoms with Crippen molar-refractivity contribution < 1.29 is 24.5 Å². The van der Waals surface area contributed by atoms with Gasteiger partial charge in [-0.25, -0.2) is 4.79 Å². The number of aromatic hydroxyl groups is 1. The van der Waals surface area contributed by atoms with Crippen LogP contribution in [-0.2, 0) is 4.74 Å². The van der Waals surface area contributed by atoms with E-state index in [0.29, 0.717) is 6.61 Å². The number of nitrogens with one attached hydrogen (secondary N) is 1. The minimum atomic E-state index is -0.949. The average molecular weight is 523 g/mol. The van der Waals surface area contributed by atoms with Crippen LogP contribution in [0.15, 0.2) is 46.1 Å². The van der Waals surface area contributed by atoms with Crippen LogP contribution in [0.4, 0.5) is 0 Å². The number of aliphatic hydroxyl groups excluding tert-OH is 1. The van der Waals surface area contributed by atoms with Gasteiger partial charge >= 0.3 is 5.69 Å². The van der Waals surface area contributed by atoms with Crippen molar-refractivity contribution in [2.75, 3.05) is 26.4 Å². The number of benzene rings is 2. The highest BCUT2D eigenvalue weighted by Crippen LogP contribution is 2.39. The van der Waals surface area contributed by atoms with E-state index in [0.717, 1.165) is 10.9 Å². The largest absolute Gasteiger partial charge is 0.507 e. The second-order valence-corrected chi connectivity index (χ2v) is 8.85. The van der Waals surface area contributed by atoms with E-state index in [4.69, 9.17) is 32.7 Å². The normalized spacial score (nSPS) is 17.9. The molecule has 184 valence electrons. The number of hydrogen-bond acceptors (Lipinski definition) is 8. The maximum absolute atomic E-state index is 13.2. The molecule has 1 amide bonds. The van der Waals surface area contributed by atoms with Gasteiger partial charge in [-0.1, -0.05) is 23.2 Å². The van der Waals surface area contributed by atoms with E-state index in [-0.39, 0.29) is 58.3 Å². The Morgan fingerprint density at radius 2 is 1.97 bits per heavy atom. The third-order valence-electron chi connectivity index (χ3n) is 5.47. The number of carbonyl (C=O) groups excluding carboxylic acids is 1. The van der Waals surface area contributed by atoms with Crippen LogP contribution in [0.1, 0.15) is 17.3 Å². The Kier molecular flexibility index (Phi) is 6.86. The molecule has 1 atom stereocenters. The first-order valence-electron chi connectivity index (χ1n) is 10.3. The van der Waals surface area contributed by atoms with Crippen LogP contribution in [0.2, 0.25) is 10.0 Å². The summed E-state index contributed by atoms with van der Waals surface area (Å²) < 4.78 is 12.1. The molecule has 4 rings (SSSR count). The minimum absolute atomic E-state index is 0.0226. The molecule has 0 bridgehead atoms. The number of phenols is 1. The van der Waals surface area contributed by atoms with Crippen molar-refractivity contribution >= 4 is 29.1 Å². The number of phenolic OH excluding ortho intramolecular Hbond substituents is 1. The molecule has 3 aromatic rings. The summed E-state index contributed by atoms with van der Waals surface area (Å²) in [7, 11) is 0. The maximum Gasteiger partial charge on any atom is 0.349 e. The molecule has 11 nitrogen and oxygen atoms in total. The van der Waals surface area contributed by atoms with E-state index in [9.17, 15) is 24.6 Å². The number of nitrogens with zero attached hydrogens (tertiary/aromatic N) is 3. The number of H-pyrrole nitrogens is 1. The molecule has 0 aliphatic carbocycles. The number of carbonyl (C=O) groups is 1. The molecule has 1 saturated heterocycles. The smallest absolute Gasteiger partial charge is 0.349 e. The molecule has 2 heterocycles. The van der Waals surface area contributed by atoms with Crippen molar-refractivity contribution in [3.8, 4) is 22.9 Å². The van der Waals surface area contributed by atoms with Gasteiger partial charge in [-0.05, 0) is 37.3 Å². The summed E-state index contributed by atoms with van der Waals surface area (Å²) in [6, 6.07) is 6.77. The van der Waals surface area contributed by atoms with Crippen LogP contribution in [0.5, 0.6) is 17.2 Å². The van der Waals surface area contributed by atoms with Crippen molar-refractivity contribution in [3.63, 3.8) is 0 Å².